The van der Waals surface area contributed by atoms with E-state index in [4.69, 9.17) is 5.73 Å². The van der Waals surface area contributed by atoms with Crippen molar-refractivity contribution in [2.24, 2.45) is 5.73 Å². The van der Waals surface area contributed by atoms with Crippen LogP contribution < -0.4 is 5.73 Å². The highest BCUT2D eigenvalue weighted by atomic mass is 32.2. The van der Waals surface area contributed by atoms with Crippen LogP contribution in [0.4, 0.5) is 0 Å². The first kappa shape index (κ1) is 15.4. The molecular formula is C14H23N3O2S. The lowest BCUT2D eigenvalue weighted by molar-refractivity contribution is 0.333. The van der Waals surface area contributed by atoms with E-state index in [1.54, 1.807) is 14.1 Å². The summed E-state index contributed by atoms with van der Waals surface area (Å²) in [7, 11) is -0.145. The molecule has 1 unspecified atom stereocenters. The predicted octanol–water partition coefficient (Wildman–Crippen LogP) is 1.13. The molecule has 0 saturated heterocycles. The van der Waals surface area contributed by atoms with Gasteiger partial charge in [-0.2, -0.15) is 17.0 Å². The number of hydrogen-bond acceptors (Lipinski definition) is 3. The lowest BCUT2D eigenvalue weighted by Crippen LogP contribution is -2.41. The summed E-state index contributed by atoms with van der Waals surface area (Å²) in [5.41, 5.74) is 7.83. The van der Waals surface area contributed by atoms with Gasteiger partial charge in [0.05, 0.1) is 6.04 Å². The van der Waals surface area contributed by atoms with Gasteiger partial charge in [0.1, 0.15) is 0 Å². The Kier molecular flexibility index (Phi) is 4.80. The molecule has 0 bridgehead atoms. The second-order valence-corrected chi connectivity index (χ2v) is 7.34. The van der Waals surface area contributed by atoms with Crippen molar-refractivity contribution < 1.29 is 8.42 Å². The molecule has 2 N–H and O–H groups in total. The van der Waals surface area contributed by atoms with Crippen molar-refractivity contribution in [3.63, 3.8) is 0 Å². The van der Waals surface area contributed by atoms with E-state index in [0.29, 0.717) is 19.5 Å². The summed E-state index contributed by atoms with van der Waals surface area (Å²) in [5, 5.41) is 0. The van der Waals surface area contributed by atoms with E-state index in [9.17, 15) is 8.42 Å². The molecule has 0 aliphatic heterocycles. The Labute approximate surface area is 121 Å². The van der Waals surface area contributed by atoms with Gasteiger partial charge in [-0.1, -0.05) is 24.3 Å². The number of rotatable bonds is 6. The predicted molar refractivity (Wildman–Crippen MR) is 80.5 cm³/mol. The minimum atomic E-state index is -3.43. The van der Waals surface area contributed by atoms with Crippen molar-refractivity contribution in [3.05, 3.63) is 35.4 Å². The SMILES string of the molecule is CN(CCCN)S(=O)(=O)N(C)C1CCc2ccccc21. The molecule has 6 heteroatoms. The Balaban J connectivity index is 2.18. The zero-order chi connectivity index (χ0) is 14.8. The highest BCUT2D eigenvalue weighted by Crippen LogP contribution is 2.36. The summed E-state index contributed by atoms with van der Waals surface area (Å²) in [5.74, 6) is 0. The molecular weight excluding hydrogens is 274 g/mol. The van der Waals surface area contributed by atoms with Gasteiger partial charge in [0.15, 0.2) is 0 Å². The summed E-state index contributed by atoms with van der Waals surface area (Å²) in [6.07, 6.45) is 2.46. The normalized spacial score (nSPS) is 18.8. The van der Waals surface area contributed by atoms with Crippen LogP contribution in [0.2, 0.25) is 0 Å². The zero-order valence-corrected chi connectivity index (χ0v) is 12.9. The fourth-order valence-corrected chi connectivity index (χ4v) is 4.06. The Hall–Kier alpha value is -0.950. The summed E-state index contributed by atoms with van der Waals surface area (Å²) < 4.78 is 28.0. The van der Waals surface area contributed by atoms with Crippen molar-refractivity contribution in [3.8, 4) is 0 Å². The third kappa shape index (κ3) is 2.88. The van der Waals surface area contributed by atoms with Crippen molar-refractivity contribution in [2.75, 3.05) is 27.2 Å². The van der Waals surface area contributed by atoms with Crippen LogP contribution in [0, 0.1) is 0 Å². The number of fused-ring (bicyclic) bond motifs is 1. The third-order valence-corrected chi connectivity index (χ3v) is 5.93. The molecule has 0 spiro atoms. The average Bonchev–Trinajstić information content (AvgIpc) is 2.87. The van der Waals surface area contributed by atoms with Crippen LogP contribution in [0.5, 0.6) is 0 Å². The Morgan fingerprint density at radius 2 is 2.00 bits per heavy atom. The van der Waals surface area contributed by atoms with Gasteiger partial charge < -0.3 is 5.73 Å². The van der Waals surface area contributed by atoms with E-state index < -0.39 is 10.2 Å². The first-order chi connectivity index (χ1) is 9.48. The standard InChI is InChI=1S/C14H23N3O2S/c1-16(11-5-10-15)20(18,19)17(2)14-9-8-12-6-3-4-7-13(12)14/h3-4,6-7,14H,5,8-11,15H2,1-2H3. The van der Waals surface area contributed by atoms with Crippen LogP contribution in [0.3, 0.4) is 0 Å². The van der Waals surface area contributed by atoms with E-state index >= 15 is 0 Å². The second-order valence-electron chi connectivity index (χ2n) is 5.24. The Morgan fingerprint density at radius 3 is 2.70 bits per heavy atom. The molecule has 1 atom stereocenters. The first-order valence-corrected chi connectivity index (χ1v) is 8.35. The monoisotopic (exact) mass is 297 g/mol. The number of nitrogens with two attached hydrogens (primary N) is 1. The van der Waals surface area contributed by atoms with E-state index in [1.165, 1.54) is 14.2 Å². The van der Waals surface area contributed by atoms with Crippen molar-refractivity contribution >= 4 is 10.2 Å². The van der Waals surface area contributed by atoms with Crippen molar-refractivity contribution in [2.45, 2.75) is 25.3 Å². The molecule has 0 aromatic heterocycles. The van der Waals surface area contributed by atoms with Crippen LogP contribution in [0.25, 0.3) is 0 Å². The van der Waals surface area contributed by atoms with E-state index in [2.05, 4.69) is 6.07 Å². The fraction of sp³-hybridized carbons (Fsp3) is 0.571. The minimum Gasteiger partial charge on any atom is -0.330 e. The molecule has 1 aliphatic rings. The maximum atomic E-state index is 12.5. The summed E-state index contributed by atoms with van der Waals surface area (Å²) in [6, 6.07) is 8.02. The maximum Gasteiger partial charge on any atom is 0.282 e. The highest BCUT2D eigenvalue weighted by molar-refractivity contribution is 7.86. The molecule has 0 heterocycles. The molecule has 20 heavy (non-hydrogen) atoms. The van der Waals surface area contributed by atoms with Gasteiger partial charge in [-0.15, -0.1) is 0 Å². The average molecular weight is 297 g/mol. The smallest absolute Gasteiger partial charge is 0.282 e. The molecule has 0 radical (unpaired) electrons. The summed E-state index contributed by atoms with van der Waals surface area (Å²) in [4.78, 5) is 0. The van der Waals surface area contributed by atoms with E-state index in [1.807, 2.05) is 18.2 Å². The van der Waals surface area contributed by atoms with Crippen molar-refractivity contribution in [1.29, 1.82) is 0 Å². The molecule has 0 saturated carbocycles. The Morgan fingerprint density at radius 1 is 1.30 bits per heavy atom. The van der Waals surface area contributed by atoms with Gasteiger partial charge in [-0.05, 0) is 36.9 Å². The fourth-order valence-electron chi connectivity index (χ4n) is 2.72. The number of hydrogen-bond donors (Lipinski definition) is 1. The van der Waals surface area contributed by atoms with Crippen LogP contribution >= 0.6 is 0 Å². The van der Waals surface area contributed by atoms with Gasteiger partial charge in [0, 0.05) is 20.6 Å². The van der Waals surface area contributed by atoms with Crippen LogP contribution in [-0.2, 0) is 16.6 Å². The van der Waals surface area contributed by atoms with Crippen molar-refractivity contribution in [1.82, 2.24) is 8.61 Å². The quantitative estimate of drug-likeness (QED) is 0.856. The van der Waals surface area contributed by atoms with Gasteiger partial charge in [0.25, 0.3) is 10.2 Å². The van der Waals surface area contributed by atoms with Gasteiger partial charge in [-0.25, -0.2) is 0 Å². The molecule has 0 fully saturated rings. The molecule has 1 aromatic rings. The lowest BCUT2D eigenvalue weighted by Gasteiger charge is -2.29. The maximum absolute atomic E-state index is 12.5. The minimum absolute atomic E-state index is 0.0588. The summed E-state index contributed by atoms with van der Waals surface area (Å²) in [6.45, 7) is 0.952. The van der Waals surface area contributed by atoms with Gasteiger partial charge in [-0.3, -0.25) is 0 Å². The van der Waals surface area contributed by atoms with Gasteiger partial charge >= 0.3 is 0 Å². The number of aryl methyl sites for hydroxylation is 1. The number of benzene rings is 1. The first-order valence-electron chi connectivity index (χ1n) is 6.95. The van der Waals surface area contributed by atoms with Gasteiger partial charge in [0.2, 0.25) is 0 Å². The molecule has 1 aromatic carbocycles. The van der Waals surface area contributed by atoms with E-state index in [0.717, 1.165) is 18.4 Å². The third-order valence-electron chi connectivity index (χ3n) is 3.98. The Bertz CT molecular complexity index is 559. The highest BCUT2D eigenvalue weighted by Gasteiger charge is 2.34. The molecule has 1 aliphatic carbocycles. The topological polar surface area (TPSA) is 66.6 Å². The molecule has 0 amide bonds. The molecule has 5 nitrogen and oxygen atoms in total. The second kappa shape index (κ2) is 6.22. The molecule has 2 rings (SSSR count). The largest absolute Gasteiger partial charge is 0.330 e. The van der Waals surface area contributed by atoms with E-state index in [-0.39, 0.29) is 6.04 Å². The number of nitrogens with zero attached hydrogens (tertiary/aromatic N) is 2. The summed E-state index contributed by atoms with van der Waals surface area (Å²) >= 11 is 0. The van der Waals surface area contributed by atoms with Crippen LogP contribution in [0.1, 0.15) is 30.0 Å². The lowest BCUT2D eigenvalue weighted by atomic mass is 10.1. The van der Waals surface area contributed by atoms with Crippen LogP contribution in [-0.4, -0.2) is 44.2 Å². The zero-order valence-electron chi connectivity index (χ0n) is 12.1. The molecule has 112 valence electrons. The van der Waals surface area contributed by atoms with Crippen LogP contribution in [0.15, 0.2) is 24.3 Å².